The highest BCUT2D eigenvalue weighted by molar-refractivity contribution is 6.40. The van der Waals surface area contributed by atoms with E-state index in [1.807, 2.05) is 31.2 Å². The summed E-state index contributed by atoms with van der Waals surface area (Å²) in [5, 5.41) is 4.68. The number of Topliss-reactive ketones (excluding diaryl/α,β-unsaturated/α-hetero) is 1. The van der Waals surface area contributed by atoms with Crippen LogP contribution >= 0.6 is 11.6 Å². The molecule has 6 heteroatoms. The number of aryl methyl sites for hydroxylation is 1. The van der Waals surface area contributed by atoms with Crippen LogP contribution in [0, 0.1) is 6.92 Å². The summed E-state index contributed by atoms with van der Waals surface area (Å²) in [6, 6.07) is 13.7. The van der Waals surface area contributed by atoms with Crippen molar-refractivity contribution in [3.05, 3.63) is 70.2 Å². The fourth-order valence-corrected chi connectivity index (χ4v) is 3.07. The zero-order valence-electron chi connectivity index (χ0n) is 14.5. The number of ether oxygens (including phenoxy) is 1. The van der Waals surface area contributed by atoms with E-state index in [-0.39, 0.29) is 18.1 Å². The van der Waals surface area contributed by atoms with Crippen LogP contribution in [0.1, 0.15) is 34.3 Å². The number of hydrogen-bond donors (Lipinski definition) is 1. The topological polar surface area (TPSA) is 67.8 Å². The number of esters is 1. The van der Waals surface area contributed by atoms with Crippen molar-refractivity contribution in [2.75, 3.05) is 6.61 Å². The summed E-state index contributed by atoms with van der Waals surface area (Å²) in [4.78, 5) is 25.3. The van der Waals surface area contributed by atoms with Crippen molar-refractivity contribution >= 4 is 29.1 Å². The van der Waals surface area contributed by atoms with E-state index in [1.165, 1.54) is 0 Å². The Bertz CT molecular complexity index is 844. The summed E-state index contributed by atoms with van der Waals surface area (Å²) in [6.07, 6.45) is 0. The van der Waals surface area contributed by atoms with Crippen LogP contribution in [0.2, 0.25) is 5.02 Å². The summed E-state index contributed by atoms with van der Waals surface area (Å²) in [5.41, 5.74) is 5.47. The molecule has 134 valence electrons. The summed E-state index contributed by atoms with van der Waals surface area (Å²) >= 11 is 5.90. The van der Waals surface area contributed by atoms with Gasteiger partial charge in [-0.25, -0.2) is 4.79 Å². The minimum atomic E-state index is -0.682. The first kappa shape index (κ1) is 18.1. The minimum Gasteiger partial charge on any atom is -0.461 e. The van der Waals surface area contributed by atoms with Gasteiger partial charge in [-0.3, -0.25) is 10.2 Å². The lowest BCUT2D eigenvalue weighted by molar-refractivity contribution is -0.135. The Morgan fingerprint density at radius 1 is 1.12 bits per heavy atom. The van der Waals surface area contributed by atoms with E-state index in [1.54, 1.807) is 31.2 Å². The second kappa shape index (κ2) is 7.70. The van der Waals surface area contributed by atoms with Gasteiger partial charge in [0.05, 0.1) is 12.5 Å². The molecule has 2 aromatic rings. The van der Waals surface area contributed by atoms with Crippen LogP contribution in [0.25, 0.3) is 0 Å². The number of carbonyl (C=O) groups is 2. The fourth-order valence-electron chi connectivity index (χ4n) is 2.95. The average molecular weight is 371 g/mol. The molecule has 3 rings (SSSR count). The zero-order chi connectivity index (χ0) is 18.7. The summed E-state index contributed by atoms with van der Waals surface area (Å²) < 4.78 is 5.11. The van der Waals surface area contributed by atoms with Gasteiger partial charge in [-0.15, -0.1) is 0 Å². The molecule has 5 nitrogen and oxygen atoms in total. The number of rotatable bonds is 5. The molecule has 0 aliphatic carbocycles. The summed E-state index contributed by atoms with van der Waals surface area (Å²) in [6.45, 7) is 3.96. The summed E-state index contributed by atoms with van der Waals surface area (Å²) in [5.74, 6) is -1.19. The molecule has 1 aliphatic rings. The number of nitrogens with one attached hydrogen (secondary N) is 1. The molecule has 0 amide bonds. The maximum atomic E-state index is 13.0. The predicted octanol–water partition coefficient (Wildman–Crippen LogP) is 3.51. The number of hydrogen-bond acceptors (Lipinski definition) is 5. The van der Waals surface area contributed by atoms with Crippen molar-refractivity contribution in [3.63, 3.8) is 0 Å². The van der Waals surface area contributed by atoms with Gasteiger partial charge < -0.3 is 4.74 Å². The van der Waals surface area contributed by atoms with Gasteiger partial charge in [0.15, 0.2) is 11.5 Å². The molecule has 0 radical (unpaired) electrons. The first-order valence-corrected chi connectivity index (χ1v) is 8.75. The molecule has 0 spiro atoms. The van der Waals surface area contributed by atoms with Crippen LogP contribution in [-0.4, -0.2) is 30.1 Å². The standard InChI is InChI=1S/C20H19ClN2O3/c1-3-26-20(25)18-16(13-6-4-12(2)5-7-13)17(22-23-18)19(24)14-8-10-15(21)11-9-14/h4-11,16-17,22H,3H2,1-2H3/t16-,17-/m0/s1. The van der Waals surface area contributed by atoms with Crippen molar-refractivity contribution in [2.45, 2.75) is 25.8 Å². The average Bonchev–Trinajstić information content (AvgIpc) is 3.08. The Hall–Kier alpha value is -2.66. The van der Waals surface area contributed by atoms with E-state index < -0.39 is 17.9 Å². The lowest BCUT2D eigenvalue weighted by atomic mass is 9.84. The molecule has 1 heterocycles. The molecule has 0 saturated heterocycles. The lowest BCUT2D eigenvalue weighted by Crippen LogP contribution is -2.37. The van der Waals surface area contributed by atoms with Gasteiger partial charge in [0.25, 0.3) is 0 Å². The first-order valence-electron chi connectivity index (χ1n) is 8.38. The zero-order valence-corrected chi connectivity index (χ0v) is 15.3. The fraction of sp³-hybridized carbons (Fsp3) is 0.250. The molecule has 2 aromatic carbocycles. The van der Waals surface area contributed by atoms with Crippen LogP contribution in [0.3, 0.4) is 0 Å². The van der Waals surface area contributed by atoms with Crippen molar-refractivity contribution in [3.8, 4) is 0 Å². The van der Waals surface area contributed by atoms with E-state index in [0.29, 0.717) is 10.6 Å². The third-order valence-electron chi connectivity index (χ3n) is 4.28. The van der Waals surface area contributed by atoms with Crippen LogP contribution in [0.15, 0.2) is 53.6 Å². The highest BCUT2D eigenvalue weighted by Gasteiger charge is 2.41. The first-order chi connectivity index (χ1) is 12.5. The summed E-state index contributed by atoms with van der Waals surface area (Å²) in [7, 11) is 0. The Morgan fingerprint density at radius 2 is 1.77 bits per heavy atom. The van der Waals surface area contributed by atoms with E-state index in [4.69, 9.17) is 16.3 Å². The number of hydrazone groups is 1. The van der Waals surface area contributed by atoms with E-state index in [9.17, 15) is 9.59 Å². The Labute approximate surface area is 157 Å². The molecule has 0 unspecified atom stereocenters. The highest BCUT2D eigenvalue weighted by atomic mass is 35.5. The number of carbonyl (C=O) groups excluding carboxylic acids is 2. The third kappa shape index (κ3) is 3.63. The van der Waals surface area contributed by atoms with Crippen molar-refractivity contribution in [1.29, 1.82) is 0 Å². The van der Waals surface area contributed by atoms with Gasteiger partial charge in [0.1, 0.15) is 6.04 Å². The minimum absolute atomic E-state index is 0.157. The van der Waals surface area contributed by atoms with Crippen LogP contribution < -0.4 is 5.43 Å². The SMILES string of the molecule is CCOC(=O)C1=NN[C@H](C(=O)c2ccc(Cl)cc2)[C@@H]1c1ccc(C)cc1. The second-order valence-electron chi connectivity index (χ2n) is 6.08. The largest absolute Gasteiger partial charge is 0.461 e. The molecular formula is C20H19ClN2O3. The van der Waals surface area contributed by atoms with E-state index in [2.05, 4.69) is 10.5 Å². The van der Waals surface area contributed by atoms with Crippen LogP contribution in [0.5, 0.6) is 0 Å². The molecule has 0 saturated carbocycles. The van der Waals surface area contributed by atoms with Crippen LogP contribution in [0.4, 0.5) is 0 Å². The maximum Gasteiger partial charge on any atom is 0.355 e. The smallest absolute Gasteiger partial charge is 0.355 e. The van der Waals surface area contributed by atoms with Crippen LogP contribution in [-0.2, 0) is 9.53 Å². The predicted molar refractivity (Wildman–Crippen MR) is 101 cm³/mol. The lowest BCUT2D eigenvalue weighted by Gasteiger charge is -2.20. The Kier molecular flexibility index (Phi) is 5.38. The normalized spacial score (nSPS) is 18.8. The van der Waals surface area contributed by atoms with Crippen molar-refractivity contribution < 1.29 is 14.3 Å². The molecule has 1 aliphatic heterocycles. The molecule has 1 N–H and O–H groups in total. The van der Waals surface area contributed by atoms with E-state index in [0.717, 1.165) is 11.1 Å². The monoisotopic (exact) mass is 370 g/mol. The van der Waals surface area contributed by atoms with Gasteiger partial charge >= 0.3 is 5.97 Å². The quantitative estimate of drug-likeness (QED) is 0.646. The molecule has 2 atom stereocenters. The van der Waals surface area contributed by atoms with E-state index >= 15 is 0 Å². The van der Waals surface area contributed by atoms with Gasteiger partial charge in [0, 0.05) is 10.6 Å². The number of ketones is 1. The van der Waals surface area contributed by atoms with Gasteiger partial charge in [-0.05, 0) is 43.7 Å². The van der Waals surface area contributed by atoms with Gasteiger partial charge in [-0.1, -0.05) is 41.4 Å². The van der Waals surface area contributed by atoms with Crippen molar-refractivity contribution in [1.82, 2.24) is 5.43 Å². The number of benzene rings is 2. The Morgan fingerprint density at radius 3 is 2.38 bits per heavy atom. The number of nitrogens with zero attached hydrogens (tertiary/aromatic N) is 1. The Balaban J connectivity index is 1.96. The maximum absolute atomic E-state index is 13.0. The number of halogens is 1. The van der Waals surface area contributed by atoms with Gasteiger partial charge in [0.2, 0.25) is 0 Å². The van der Waals surface area contributed by atoms with Crippen molar-refractivity contribution in [2.24, 2.45) is 5.10 Å². The molecule has 0 bridgehead atoms. The molecular weight excluding hydrogens is 352 g/mol. The third-order valence-corrected chi connectivity index (χ3v) is 4.54. The molecule has 0 aromatic heterocycles. The molecule has 26 heavy (non-hydrogen) atoms. The van der Waals surface area contributed by atoms with Gasteiger partial charge in [-0.2, -0.15) is 5.10 Å². The highest BCUT2D eigenvalue weighted by Crippen LogP contribution is 2.29. The second-order valence-corrected chi connectivity index (χ2v) is 6.52. The molecule has 0 fully saturated rings.